The van der Waals surface area contributed by atoms with Crippen molar-refractivity contribution in [2.45, 2.75) is 12.8 Å². The molecule has 0 amide bonds. The number of rotatable bonds is 3. The van der Waals surface area contributed by atoms with E-state index in [0.29, 0.717) is 0 Å². The van der Waals surface area contributed by atoms with Gasteiger partial charge in [0.05, 0.1) is 0 Å². The van der Waals surface area contributed by atoms with E-state index in [9.17, 15) is 0 Å². The van der Waals surface area contributed by atoms with Gasteiger partial charge in [-0.3, -0.25) is 0 Å². The van der Waals surface area contributed by atoms with Crippen LogP contribution in [0.1, 0.15) is 12.8 Å². The maximum Gasteiger partial charge on any atom is 0.128 e. The molecule has 1 unspecified atom stereocenters. The first-order valence-corrected chi connectivity index (χ1v) is 6.58. The molecule has 0 aliphatic carbocycles. The number of aromatic nitrogens is 1. The Morgan fingerprint density at radius 3 is 3.06 bits per heavy atom. The van der Waals surface area contributed by atoms with Gasteiger partial charge in [-0.15, -0.1) is 0 Å². The molecule has 4 heteroatoms. The van der Waals surface area contributed by atoms with Crippen LogP contribution in [0, 0.1) is 5.92 Å². The Labute approximate surface area is 105 Å². The number of hydrogen-bond acceptors (Lipinski definition) is 3. The Morgan fingerprint density at radius 2 is 2.44 bits per heavy atom. The van der Waals surface area contributed by atoms with Crippen LogP contribution in [0.5, 0.6) is 0 Å². The summed E-state index contributed by atoms with van der Waals surface area (Å²) in [6.07, 6.45) is 4.48. The summed E-state index contributed by atoms with van der Waals surface area (Å²) < 4.78 is 1.03. The number of anilines is 1. The van der Waals surface area contributed by atoms with E-state index in [4.69, 9.17) is 0 Å². The van der Waals surface area contributed by atoms with Gasteiger partial charge < -0.3 is 10.2 Å². The first kappa shape index (κ1) is 11.9. The summed E-state index contributed by atoms with van der Waals surface area (Å²) >= 11 is 3.40. The van der Waals surface area contributed by atoms with Gasteiger partial charge in [0.2, 0.25) is 0 Å². The van der Waals surface area contributed by atoms with Crippen LogP contribution in [-0.4, -0.2) is 31.7 Å². The van der Waals surface area contributed by atoms with Crippen molar-refractivity contribution >= 4 is 21.7 Å². The quantitative estimate of drug-likeness (QED) is 0.923. The van der Waals surface area contributed by atoms with Gasteiger partial charge in [-0.1, -0.05) is 0 Å². The van der Waals surface area contributed by atoms with Crippen LogP contribution in [0.15, 0.2) is 22.8 Å². The number of hydrogen-bond donors (Lipinski definition) is 1. The van der Waals surface area contributed by atoms with Crippen LogP contribution in [-0.2, 0) is 0 Å². The number of pyridine rings is 1. The van der Waals surface area contributed by atoms with Gasteiger partial charge in [-0.25, -0.2) is 4.98 Å². The highest BCUT2D eigenvalue weighted by Crippen LogP contribution is 2.17. The molecule has 2 rings (SSSR count). The van der Waals surface area contributed by atoms with Crippen molar-refractivity contribution in [2.24, 2.45) is 5.92 Å². The molecule has 1 aliphatic rings. The summed E-state index contributed by atoms with van der Waals surface area (Å²) in [5.74, 6) is 1.80. The molecule has 1 fully saturated rings. The minimum atomic E-state index is 0.754. The molecule has 16 heavy (non-hydrogen) atoms. The van der Waals surface area contributed by atoms with Crippen molar-refractivity contribution < 1.29 is 0 Å². The third kappa shape index (κ3) is 3.19. The Morgan fingerprint density at radius 1 is 1.56 bits per heavy atom. The van der Waals surface area contributed by atoms with E-state index in [1.54, 1.807) is 0 Å². The molecule has 88 valence electrons. The zero-order valence-electron chi connectivity index (χ0n) is 9.62. The van der Waals surface area contributed by atoms with E-state index >= 15 is 0 Å². The van der Waals surface area contributed by atoms with Crippen molar-refractivity contribution in [3.05, 3.63) is 22.8 Å². The molecule has 1 saturated heterocycles. The highest BCUT2D eigenvalue weighted by atomic mass is 79.9. The van der Waals surface area contributed by atoms with Gasteiger partial charge in [0, 0.05) is 24.3 Å². The highest BCUT2D eigenvalue weighted by molar-refractivity contribution is 9.10. The lowest BCUT2D eigenvalue weighted by molar-refractivity contribution is 0.380. The molecule has 0 radical (unpaired) electrons. The number of halogens is 1. The van der Waals surface area contributed by atoms with E-state index in [0.717, 1.165) is 29.3 Å². The maximum absolute atomic E-state index is 4.40. The topological polar surface area (TPSA) is 28.2 Å². The third-order valence-electron chi connectivity index (χ3n) is 3.03. The van der Waals surface area contributed by atoms with Gasteiger partial charge in [0.1, 0.15) is 5.82 Å². The van der Waals surface area contributed by atoms with E-state index in [1.165, 1.54) is 19.4 Å². The predicted octanol–water partition coefficient (Wildman–Crippen LogP) is 2.28. The van der Waals surface area contributed by atoms with E-state index < -0.39 is 0 Å². The molecule has 0 aromatic carbocycles. The summed E-state index contributed by atoms with van der Waals surface area (Å²) in [6.45, 7) is 3.40. The van der Waals surface area contributed by atoms with Crippen molar-refractivity contribution in [1.82, 2.24) is 10.3 Å². The first-order chi connectivity index (χ1) is 7.75. The largest absolute Gasteiger partial charge is 0.359 e. The molecule has 1 aromatic rings. The molecule has 1 N–H and O–H groups in total. The number of nitrogens with zero attached hydrogens (tertiary/aromatic N) is 2. The average Bonchev–Trinajstić information content (AvgIpc) is 2.31. The molecular weight excluding hydrogens is 266 g/mol. The van der Waals surface area contributed by atoms with Crippen LogP contribution in [0.3, 0.4) is 0 Å². The summed E-state index contributed by atoms with van der Waals surface area (Å²) in [7, 11) is 2.12. The monoisotopic (exact) mass is 283 g/mol. The molecule has 1 aromatic heterocycles. The first-order valence-electron chi connectivity index (χ1n) is 5.79. The molecule has 0 bridgehead atoms. The van der Waals surface area contributed by atoms with Crippen LogP contribution in [0.2, 0.25) is 0 Å². The fourth-order valence-electron chi connectivity index (χ4n) is 2.15. The van der Waals surface area contributed by atoms with Gasteiger partial charge >= 0.3 is 0 Å². The smallest absolute Gasteiger partial charge is 0.128 e. The zero-order chi connectivity index (χ0) is 11.4. The zero-order valence-corrected chi connectivity index (χ0v) is 11.2. The van der Waals surface area contributed by atoms with Crippen molar-refractivity contribution in [3.63, 3.8) is 0 Å². The summed E-state index contributed by atoms with van der Waals surface area (Å²) in [6, 6.07) is 4.10. The fourth-order valence-corrected chi connectivity index (χ4v) is 2.39. The van der Waals surface area contributed by atoms with Crippen molar-refractivity contribution in [1.29, 1.82) is 0 Å². The van der Waals surface area contributed by atoms with Crippen LogP contribution < -0.4 is 10.2 Å². The van der Waals surface area contributed by atoms with E-state index in [-0.39, 0.29) is 0 Å². The Bertz CT molecular complexity index is 320. The second-order valence-corrected chi connectivity index (χ2v) is 5.34. The van der Waals surface area contributed by atoms with Gasteiger partial charge in [-0.2, -0.15) is 0 Å². The molecule has 1 aliphatic heterocycles. The normalized spacial score (nSPS) is 20.8. The van der Waals surface area contributed by atoms with Crippen LogP contribution >= 0.6 is 15.9 Å². The van der Waals surface area contributed by atoms with Gasteiger partial charge in [-0.05, 0) is 59.9 Å². The lowest BCUT2D eigenvalue weighted by atomic mass is 9.99. The maximum atomic E-state index is 4.40. The van der Waals surface area contributed by atoms with Gasteiger partial charge in [0.15, 0.2) is 0 Å². The molecule has 0 spiro atoms. The number of nitrogens with one attached hydrogen (secondary N) is 1. The van der Waals surface area contributed by atoms with E-state index in [2.05, 4.69) is 44.2 Å². The minimum absolute atomic E-state index is 0.754. The SMILES string of the molecule is CN(CC1CCCNC1)c1ccc(Br)cn1. The van der Waals surface area contributed by atoms with Gasteiger partial charge in [0.25, 0.3) is 0 Å². The number of piperidine rings is 1. The fraction of sp³-hybridized carbons (Fsp3) is 0.583. The Hall–Kier alpha value is -0.610. The minimum Gasteiger partial charge on any atom is -0.359 e. The van der Waals surface area contributed by atoms with Crippen LogP contribution in [0.25, 0.3) is 0 Å². The van der Waals surface area contributed by atoms with E-state index in [1.807, 2.05) is 12.3 Å². The molecule has 2 heterocycles. The lowest BCUT2D eigenvalue weighted by Gasteiger charge is -2.28. The average molecular weight is 284 g/mol. The highest BCUT2D eigenvalue weighted by Gasteiger charge is 2.15. The van der Waals surface area contributed by atoms with Crippen LogP contribution in [0.4, 0.5) is 5.82 Å². The predicted molar refractivity (Wildman–Crippen MR) is 70.8 cm³/mol. The van der Waals surface area contributed by atoms with Crippen molar-refractivity contribution in [2.75, 3.05) is 31.6 Å². The van der Waals surface area contributed by atoms with Crippen molar-refractivity contribution in [3.8, 4) is 0 Å². The molecule has 0 saturated carbocycles. The molecule has 3 nitrogen and oxygen atoms in total. The molecule has 1 atom stereocenters. The summed E-state index contributed by atoms with van der Waals surface area (Å²) in [5.41, 5.74) is 0. The molecular formula is C12H18BrN3. The third-order valence-corrected chi connectivity index (χ3v) is 3.50. The second-order valence-electron chi connectivity index (χ2n) is 4.43. The Balaban J connectivity index is 1.91. The summed E-state index contributed by atoms with van der Waals surface area (Å²) in [5, 5.41) is 3.45. The standard InChI is InChI=1S/C12H18BrN3/c1-16(9-10-3-2-6-14-7-10)12-5-4-11(13)8-15-12/h4-5,8,10,14H,2-3,6-7,9H2,1H3. The summed E-state index contributed by atoms with van der Waals surface area (Å²) in [4.78, 5) is 6.64. The lowest BCUT2D eigenvalue weighted by Crippen LogP contribution is -2.37. The second kappa shape index (κ2) is 5.64. The Kier molecular flexibility index (Phi) is 4.18.